The maximum Gasteiger partial charge on any atom is 0.187 e. The van der Waals surface area contributed by atoms with Crippen LogP contribution >= 0.6 is 0 Å². The smallest absolute Gasteiger partial charge is 0.187 e. The quantitative estimate of drug-likeness (QED) is 0.846. The second kappa shape index (κ2) is 3.37. The number of H-pyrrole nitrogens is 1. The van der Waals surface area contributed by atoms with Gasteiger partial charge in [0.2, 0.25) is 0 Å². The number of hydrogen-bond donors (Lipinski definition) is 1. The Morgan fingerprint density at radius 1 is 1.19 bits per heavy atom. The number of nitrogens with one attached hydrogen (secondary N) is 1. The molecule has 3 nitrogen and oxygen atoms in total. The van der Waals surface area contributed by atoms with Crippen LogP contribution in [0.1, 0.15) is 24.6 Å². The molecule has 0 atom stereocenters. The van der Waals surface area contributed by atoms with E-state index in [0.717, 1.165) is 18.7 Å². The molecule has 0 amide bonds. The van der Waals surface area contributed by atoms with E-state index in [1.54, 1.807) is 0 Å². The molecule has 1 aromatic heterocycles. The minimum absolute atomic E-state index is 0.0949. The molecule has 1 aromatic carbocycles. The predicted molar refractivity (Wildman–Crippen MR) is 53.7 cm³/mol. The minimum atomic E-state index is -0.638. The molecule has 0 spiro atoms. The zero-order valence-corrected chi connectivity index (χ0v) is 8.37. The summed E-state index contributed by atoms with van der Waals surface area (Å²) < 4.78 is 26.9. The number of nitrogens with zero attached hydrogens (tertiary/aromatic N) is 2. The van der Waals surface area contributed by atoms with Crippen LogP contribution in [0.4, 0.5) is 8.78 Å². The van der Waals surface area contributed by atoms with Gasteiger partial charge >= 0.3 is 0 Å². The normalized spacial score (nSPS) is 15.4. The summed E-state index contributed by atoms with van der Waals surface area (Å²) in [5, 5.41) is 6.58. The lowest BCUT2D eigenvalue weighted by Gasteiger charge is -1.98. The number of rotatable bonds is 2. The van der Waals surface area contributed by atoms with Crippen molar-refractivity contribution in [2.75, 3.05) is 0 Å². The fraction of sp³-hybridized carbons (Fsp3) is 0.273. The fourth-order valence-corrected chi connectivity index (χ4v) is 1.64. The molecular weight excluding hydrogens is 212 g/mol. The molecule has 1 heterocycles. The average molecular weight is 221 g/mol. The first kappa shape index (κ1) is 9.45. The first-order chi connectivity index (χ1) is 7.75. The highest BCUT2D eigenvalue weighted by atomic mass is 19.1. The van der Waals surface area contributed by atoms with Crippen LogP contribution in [0.25, 0.3) is 11.4 Å². The zero-order valence-electron chi connectivity index (χ0n) is 8.37. The maximum absolute atomic E-state index is 13.4. The second-order valence-corrected chi connectivity index (χ2v) is 3.92. The van der Waals surface area contributed by atoms with Crippen molar-refractivity contribution in [3.8, 4) is 11.4 Å². The van der Waals surface area contributed by atoms with Crippen LogP contribution in [-0.4, -0.2) is 15.2 Å². The summed E-state index contributed by atoms with van der Waals surface area (Å²) in [5.41, 5.74) is -0.161. The van der Waals surface area contributed by atoms with E-state index in [0.29, 0.717) is 5.92 Å². The standard InChI is InChI=1S/C11H9F2N3/c12-7-2-1-3-8(13)9(7)11-14-10(15-16-11)6-4-5-6/h1-3,6H,4-5H2,(H,14,15,16). The molecule has 16 heavy (non-hydrogen) atoms. The van der Waals surface area contributed by atoms with Gasteiger partial charge in [-0.15, -0.1) is 0 Å². The van der Waals surface area contributed by atoms with E-state index in [1.807, 2.05) is 0 Å². The maximum atomic E-state index is 13.4. The third-order valence-corrected chi connectivity index (χ3v) is 2.65. The van der Waals surface area contributed by atoms with Crippen LogP contribution in [0.3, 0.4) is 0 Å². The summed E-state index contributed by atoms with van der Waals surface area (Å²) in [6, 6.07) is 3.72. The van der Waals surface area contributed by atoms with Gasteiger partial charge in [-0.1, -0.05) is 6.07 Å². The lowest BCUT2D eigenvalue weighted by Crippen LogP contribution is -1.91. The zero-order chi connectivity index (χ0) is 11.1. The molecule has 1 aliphatic rings. The highest BCUT2D eigenvalue weighted by Crippen LogP contribution is 2.38. The Hall–Kier alpha value is -1.78. The Morgan fingerprint density at radius 2 is 1.88 bits per heavy atom. The molecule has 0 saturated heterocycles. The molecule has 1 saturated carbocycles. The van der Waals surface area contributed by atoms with Crippen molar-refractivity contribution in [1.29, 1.82) is 0 Å². The third-order valence-electron chi connectivity index (χ3n) is 2.65. The van der Waals surface area contributed by atoms with Gasteiger partial charge < -0.3 is 0 Å². The van der Waals surface area contributed by atoms with Gasteiger partial charge in [0, 0.05) is 5.92 Å². The van der Waals surface area contributed by atoms with Crippen molar-refractivity contribution in [1.82, 2.24) is 15.2 Å². The van der Waals surface area contributed by atoms with Crippen LogP contribution in [0.5, 0.6) is 0 Å². The van der Waals surface area contributed by atoms with E-state index >= 15 is 0 Å². The van der Waals surface area contributed by atoms with Gasteiger partial charge in [0.05, 0.1) is 5.56 Å². The fourth-order valence-electron chi connectivity index (χ4n) is 1.64. The molecule has 82 valence electrons. The van der Waals surface area contributed by atoms with Crippen molar-refractivity contribution in [2.24, 2.45) is 0 Å². The molecule has 0 radical (unpaired) electrons. The van der Waals surface area contributed by atoms with E-state index in [-0.39, 0.29) is 11.4 Å². The van der Waals surface area contributed by atoms with Gasteiger partial charge in [-0.3, -0.25) is 5.10 Å². The van der Waals surface area contributed by atoms with Gasteiger partial charge in [-0.05, 0) is 25.0 Å². The van der Waals surface area contributed by atoms with E-state index in [4.69, 9.17) is 0 Å². The molecule has 0 bridgehead atoms. The molecule has 3 rings (SSSR count). The first-order valence-electron chi connectivity index (χ1n) is 5.12. The van der Waals surface area contributed by atoms with Crippen LogP contribution in [0, 0.1) is 11.6 Å². The Labute approximate surface area is 90.5 Å². The van der Waals surface area contributed by atoms with E-state index < -0.39 is 11.6 Å². The van der Waals surface area contributed by atoms with Crippen LogP contribution in [0.2, 0.25) is 0 Å². The van der Waals surface area contributed by atoms with Crippen molar-refractivity contribution in [3.63, 3.8) is 0 Å². The van der Waals surface area contributed by atoms with Crippen molar-refractivity contribution in [2.45, 2.75) is 18.8 Å². The molecule has 1 fully saturated rings. The third kappa shape index (κ3) is 1.48. The second-order valence-electron chi connectivity index (χ2n) is 3.92. The number of aromatic nitrogens is 3. The highest BCUT2D eigenvalue weighted by molar-refractivity contribution is 5.56. The van der Waals surface area contributed by atoms with E-state index in [1.165, 1.54) is 18.2 Å². The Kier molecular flexibility index (Phi) is 1.99. The molecular formula is C11H9F2N3. The highest BCUT2D eigenvalue weighted by Gasteiger charge is 2.28. The molecule has 5 heteroatoms. The molecule has 0 aliphatic heterocycles. The number of aromatic amines is 1. The lowest BCUT2D eigenvalue weighted by atomic mass is 10.2. The summed E-state index contributed by atoms with van der Waals surface area (Å²) in [6.45, 7) is 0. The minimum Gasteiger partial charge on any atom is -0.262 e. The Balaban J connectivity index is 2.06. The summed E-state index contributed by atoms with van der Waals surface area (Å²) in [6.07, 6.45) is 2.13. The van der Waals surface area contributed by atoms with Crippen LogP contribution in [-0.2, 0) is 0 Å². The summed E-state index contributed by atoms with van der Waals surface area (Å²) in [4.78, 5) is 4.12. The van der Waals surface area contributed by atoms with Crippen LogP contribution in [0.15, 0.2) is 18.2 Å². The number of hydrogen-bond acceptors (Lipinski definition) is 2. The molecule has 1 aliphatic carbocycles. The van der Waals surface area contributed by atoms with Gasteiger partial charge in [0.15, 0.2) is 5.82 Å². The van der Waals surface area contributed by atoms with Gasteiger partial charge in [-0.2, -0.15) is 5.10 Å². The topological polar surface area (TPSA) is 41.6 Å². The lowest BCUT2D eigenvalue weighted by molar-refractivity contribution is 0.587. The SMILES string of the molecule is Fc1cccc(F)c1-c1n[nH]c(C2CC2)n1. The van der Waals surface area contributed by atoms with Crippen molar-refractivity contribution < 1.29 is 8.78 Å². The van der Waals surface area contributed by atoms with Gasteiger partial charge in [0.25, 0.3) is 0 Å². The molecule has 2 aromatic rings. The van der Waals surface area contributed by atoms with E-state index in [2.05, 4.69) is 15.2 Å². The number of benzene rings is 1. The van der Waals surface area contributed by atoms with E-state index in [9.17, 15) is 8.78 Å². The van der Waals surface area contributed by atoms with Crippen molar-refractivity contribution in [3.05, 3.63) is 35.7 Å². The van der Waals surface area contributed by atoms with Gasteiger partial charge in [-0.25, -0.2) is 13.8 Å². The molecule has 1 N–H and O–H groups in total. The first-order valence-corrected chi connectivity index (χ1v) is 5.12. The predicted octanol–water partition coefficient (Wildman–Crippen LogP) is 2.63. The van der Waals surface area contributed by atoms with Crippen LogP contribution < -0.4 is 0 Å². The summed E-state index contributed by atoms with van der Waals surface area (Å²) in [5.74, 6) is -0.0751. The Bertz CT molecular complexity index is 512. The van der Waals surface area contributed by atoms with Gasteiger partial charge in [0.1, 0.15) is 17.5 Å². The Morgan fingerprint density at radius 3 is 2.50 bits per heavy atom. The summed E-state index contributed by atoms with van der Waals surface area (Å²) in [7, 11) is 0. The number of halogens is 2. The monoisotopic (exact) mass is 221 g/mol. The largest absolute Gasteiger partial charge is 0.262 e. The summed E-state index contributed by atoms with van der Waals surface area (Å²) >= 11 is 0. The molecule has 0 unspecified atom stereocenters. The van der Waals surface area contributed by atoms with Crippen molar-refractivity contribution >= 4 is 0 Å². The average Bonchev–Trinajstić information content (AvgIpc) is 2.99.